The first kappa shape index (κ1) is 30.4. The van der Waals surface area contributed by atoms with Crippen molar-refractivity contribution in [1.29, 1.82) is 0 Å². The Morgan fingerprint density at radius 2 is 2.00 bits per heavy atom. The maximum absolute atomic E-state index is 12.6. The molecule has 0 radical (unpaired) electrons. The molecule has 1 fully saturated rings. The smallest absolute Gasteiger partial charge is 0.188 e. The molecule has 1 heterocycles. The highest BCUT2D eigenvalue weighted by Crippen LogP contribution is 2.35. The summed E-state index contributed by atoms with van der Waals surface area (Å²) in [4.78, 5) is 30.5. The number of carbonyl (C=O) groups is 2. The maximum Gasteiger partial charge on any atom is 0.188 e. The van der Waals surface area contributed by atoms with E-state index in [2.05, 4.69) is 27.1 Å². The van der Waals surface area contributed by atoms with Gasteiger partial charge in [-0.2, -0.15) is 0 Å². The van der Waals surface area contributed by atoms with E-state index in [4.69, 9.17) is 10.5 Å². The second-order valence-corrected chi connectivity index (χ2v) is 10.7. The van der Waals surface area contributed by atoms with Crippen molar-refractivity contribution < 1.29 is 24.3 Å². The van der Waals surface area contributed by atoms with Crippen LogP contribution in [-0.2, 0) is 22.6 Å². The predicted molar refractivity (Wildman–Crippen MR) is 153 cm³/mol. The van der Waals surface area contributed by atoms with E-state index < -0.39 is 0 Å². The summed E-state index contributed by atoms with van der Waals surface area (Å²) in [5, 5.41) is 20.2. The number of hydrogen-bond acceptors (Lipinski definition) is 7. The molecular weight excluding hydrogens is 496 g/mol. The number of ether oxygens (including phenoxy) is 1. The standard InChI is InChI=1S/C29H46N6O4/c1-31-19-22-16-21(17-27(28(22)38)39-26-8-3-4-9-26)10-11-25(37)18-24(36)7-5-6-23(34-29(30)32-2)12-14-35-15-13-33-20-35/h13,15-17,23,26,31,33,38H,3-12,14,18-20H2,1-2H3,(H3,30,32,34)/p+1. The number of rotatable bonds is 17. The van der Waals surface area contributed by atoms with Crippen LogP contribution in [0.1, 0.15) is 75.3 Å². The number of phenols is 1. The van der Waals surface area contributed by atoms with Crippen LogP contribution < -0.4 is 31.3 Å². The number of aliphatic imine (C=N–C) groups is 1. The molecule has 1 aliphatic carbocycles. The number of aryl methyl sites for hydroxylation is 1. The lowest BCUT2D eigenvalue weighted by Gasteiger charge is -2.20. The first-order valence-corrected chi connectivity index (χ1v) is 14.3. The summed E-state index contributed by atoms with van der Waals surface area (Å²) in [5.41, 5.74) is 7.57. The Bertz CT molecular complexity index is 1010. The second kappa shape index (κ2) is 16.1. The zero-order valence-electron chi connectivity index (χ0n) is 23.6. The monoisotopic (exact) mass is 543 g/mol. The summed E-state index contributed by atoms with van der Waals surface area (Å²) < 4.78 is 6.10. The molecule has 3 rings (SSSR count). The van der Waals surface area contributed by atoms with Crippen molar-refractivity contribution in [3.63, 3.8) is 0 Å². The van der Waals surface area contributed by atoms with Crippen molar-refractivity contribution in [2.45, 2.75) is 89.3 Å². The quantitative estimate of drug-likeness (QED) is 0.0980. The highest BCUT2D eigenvalue weighted by molar-refractivity contribution is 5.99. The molecule has 1 saturated carbocycles. The third kappa shape index (κ3) is 10.5. The summed E-state index contributed by atoms with van der Waals surface area (Å²) >= 11 is 0. The molecule has 10 heteroatoms. The molecule has 0 saturated heterocycles. The topological polar surface area (TPSA) is 143 Å². The molecule has 7 N–H and O–H groups in total. The number of quaternary nitrogens is 1. The van der Waals surface area contributed by atoms with Crippen LogP contribution in [0, 0.1) is 0 Å². The van der Waals surface area contributed by atoms with Gasteiger partial charge in [-0.3, -0.25) is 19.5 Å². The predicted octanol–water partition coefficient (Wildman–Crippen LogP) is 1.27. The Kier molecular flexibility index (Phi) is 12.6. The van der Waals surface area contributed by atoms with Crippen LogP contribution in [0.4, 0.5) is 0 Å². The van der Waals surface area contributed by atoms with Crippen molar-refractivity contribution in [3.8, 4) is 11.5 Å². The van der Waals surface area contributed by atoms with Gasteiger partial charge in [0.15, 0.2) is 24.1 Å². The number of nitrogens with two attached hydrogens (primary N) is 1. The number of hydrogen-bond donors (Lipinski definition) is 6. The Labute approximate surface area is 232 Å². The van der Waals surface area contributed by atoms with Crippen LogP contribution in [0.3, 0.4) is 0 Å². The Morgan fingerprint density at radius 3 is 2.69 bits per heavy atom. The Balaban J connectivity index is 1.44. The molecule has 2 atom stereocenters. The fourth-order valence-electron chi connectivity index (χ4n) is 5.22. The Hall–Kier alpha value is -3.11. The van der Waals surface area contributed by atoms with Gasteiger partial charge in [0.05, 0.1) is 25.3 Å². The van der Waals surface area contributed by atoms with Crippen molar-refractivity contribution in [3.05, 3.63) is 35.7 Å². The lowest BCUT2D eigenvalue weighted by Crippen LogP contribution is -3.07. The van der Waals surface area contributed by atoms with Crippen molar-refractivity contribution in [2.24, 2.45) is 10.7 Å². The van der Waals surface area contributed by atoms with E-state index in [1.807, 2.05) is 25.4 Å². The summed E-state index contributed by atoms with van der Waals surface area (Å²) in [6, 6.07) is 3.88. The molecule has 2 unspecified atom stereocenters. The number of nitrogens with one attached hydrogen (secondary N) is 4. The SMILES string of the molecule is CN=C(N)NC(CCCC(=O)CC(=O)CCc1cc(CNC)c(O)c(OC2CCCC2)c1)CC[NH+]1C=CNC1. The molecule has 1 aromatic rings. The summed E-state index contributed by atoms with van der Waals surface area (Å²) in [6.07, 6.45) is 12.0. The summed E-state index contributed by atoms with van der Waals surface area (Å²) in [5.74, 6) is 0.964. The molecule has 1 aromatic carbocycles. The average molecular weight is 544 g/mol. The zero-order chi connectivity index (χ0) is 28.0. The van der Waals surface area contributed by atoms with Crippen molar-refractivity contribution in [2.75, 3.05) is 27.3 Å². The number of phenolic OH excluding ortho intramolecular Hbond substituents is 1. The number of guanidine groups is 1. The van der Waals surface area contributed by atoms with E-state index in [1.165, 1.54) is 4.90 Å². The second-order valence-electron chi connectivity index (χ2n) is 10.7. The minimum Gasteiger partial charge on any atom is -0.504 e. The van der Waals surface area contributed by atoms with Gasteiger partial charge in [0, 0.05) is 44.5 Å². The van der Waals surface area contributed by atoms with Gasteiger partial charge in [-0.25, -0.2) is 0 Å². The van der Waals surface area contributed by atoms with Gasteiger partial charge in [-0.15, -0.1) is 0 Å². The molecule has 1 aliphatic heterocycles. The van der Waals surface area contributed by atoms with Crippen LogP contribution in [0.15, 0.2) is 29.5 Å². The average Bonchev–Trinajstić information content (AvgIpc) is 3.63. The van der Waals surface area contributed by atoms with Crippen LogP contribution in [0.2, 0.25) is 0 Å². The van der Waals surface area contributed by atoms with E-state index in [1.54, 1.807) is 7.05 Å². The molecule has 10 nitrogen and oxygen atoms in total. The van der Waals surface area contributed by atoms with E-state index in [0.29, 0.717) is 37.5 Å². The van der Waals surface area contributed by atoms with E-state index >= 15 is 0 Å². The van der Waals surface area contributed by atoms with Gasteiger partial charge in [0.1, 0.15) is 17.8 Å². The normalized spacial score (nSPS) is 18.2. The summed E-state index contributed by atoms with van der Waals surface area (Å²) in [6.45, 7) is 2.33. The van der Waals surface area contributed by atoms with Crippen molar-refractivity contribution >= 4 is 17.5 Å². The lowest BCUT2D eigenvalue weighted by molar-refractivity contribution is -0.843. The van der Waals surface area contributed by atoms with Crippen LogP contribution >= 0.6 is 0 Å². The highest BCUT2D eigenvalue weighted by Gasteiger charge is 2.21. The van der Waals surface area contributed by atoms with Gasteiger partial charge in [-0.1, -0.05) is 6.07 Å². The maximum atomic E-state index is 12.6. The molecule has 2 aliphatic rings. The van der Waals surface area contributed by atoms with Crippen LogP contribution in [0.25, 0.3) is 0 Å². The largest absolute Gasteiger partial charge is 0.504 e. The minimum atomic E-state index is -0.0598. The first-order valence-electron chi connectivity index (χ1n) is 14.3. The molecular formula is C29H47N6O4+. The van der Waals surface area contributed by atoms with Gasteiger partial charge in [0.2, 0.25) is 0 Å². The molecule has 0 bridgehead atoms. The van der Waals surface area contributed by atoms with Crippen molar-refractivity contribution in [1.82, 2.24) is 16.0 Å². The summed E-state index contributed by atoms with van der Waals surface area (Å²) in [7, 11) is 3.48. The fraction of sp³-hybridized carbons (Fsp3) is 0.621. The Morgan fingerprint density at radius 1 is 1.23 bits per heavy atom. The fourth-order valence-corrected chi connectivity index (χ4v) is 5.22. The molecule has 0 amide bonds. The minimum absolute atomic E-state index is 0.0278. The number of carbonyl (C=O) groups excluding carboxylic acids is 2. The highest BCUT2D eigenvalue weighted by atomic mass is 16.5. The van der Waals surface area contributed by atoms with Gasteiger partial charge in [0.25, 0.3) is 0 Å². The van der Waals surface area contributed by atoms with E-state index in [0.717, 1.165) is 62.9 Å². The number of ketones is 2. The number of aromatic hydroxyl groups is 1. The lowest BCUT2D eigenvalue weighted by atomic mass is 9.99. The number of benzene rings is 1. The zero-order valence-corrected chi connectivity index (χ0v) is 23.6. The molecule has 0 spiro atoms. The van der Waals surface area contributed by atoms with E-state index in [-0.39, 0.29) is 42.3 Å². The van der Waals surface area contributed by atoms with Crippen LogP contribution in [0.5, 0.6) is 11.5 Å². The number of nitrogens with zero attached hydrogens (tertiary/aromatic N) is 1. The molecule has 39 heavy (non-hydrogen) atoms. The van der Waals surface area contributed by atoms with Gasteiger partial charge < -0.3 is 31.5 Å². The third-order valence-corrected chi connectivity index (χ3v) is 7.44. The first-order chi connectivity index (χ1) is 18.9. The molecule has 0 aromatic heterocycles. The number of Topliss-reactive ketones (excluding diaryl/α,β-unsaturated/α-hetero) is 2. The van der Waals surface area contributed by atoms with E-state index in [9.17, 15) is 14.7 Å². The van der Waals surface area contributed by atoms with Gasteiger partial charge >= 0.3 is 0 Å². The van der Waals surface area contributed by atoms with Crippen LogP contribution in [-0.4, -0.2) is 62.1 Å². The third-order valence-electron chi connectivity index (χ3n) is 7.44. The van der Waals surface area contributed by atoms with Gasteiger partial charge in [-0.05, 0) is 63.6 Å². The molecule has 216 valence electrons.